The van der Waals surface area contributed by atoms with E-state index in [1.54, 1.807) is 6.20 Å². The van der Waals surface area contributed by atoms with Crippen molar-refractivity contribution in [3.05, 3.63) is 89.7 Å². The van der Waals surface area contributed by atoms with E-state index in [4.69, 9.17) is 4.74 Å². The minimum absolute atomic E-state index is 0.0325. The fraction of sp³-hybridized carbons (Fsp3) is 0.370. The van der Waals surface area contributed by atoms with Crippen molar-refractivity contribution in [3.8, 4) is 0 Å². The predicted molar refractivity (Wildman–Crippen MR) is 128 cm³/mol. The van der Waals surface area contributed by atoms with Crippen molar-refractivity contribution in [2.24, 2.45) is 0 Å². The molecule has 0 unspecified atom stereocenters. The first-order valence-corrected chi connectivity index (χ1v) is 12.0. The van der Waals surface area contributed by atoms with E-state index < -0.39 is 5.60 Å². The van der Waals surface area contributed by atoms with Gasteiger partial charge in [-0.3, -0.25) is 9.48 Å². The molecule has 2 aromatic carbocycles. The highest BCUT2D eigenvalue weighted by atomic mass is 16.6. The minimum Gasteiger partial charge on any atom is -0.441 e. The number of nitrogens with zero attached hydrogens (tertiary/aromatic N) is 4. The summed E-state index contributed by atoms with van der Waals surface area (Å²) < 4.78 is 7.76. The molecule has 7 heteroatoms. The van der Waals surface area contributed by atoms with Gasteiger partial charge >= 0.3 is 6.09 Å². The van der Waals surface area contributed by atoms with Gasteiger partial charge in [-0.1, -0.05) is 48.5 Å². The zero-order chi connectivity index (χ0) is 23.4. The maximum atomic E-state index is 13.5. The van der Waals surface area contributed by atoms with E-state index in [9.17, 15) is 9.59 Å². The number of aromatic nitrogens is 2. The molecule has 0 N–H and O–H groups in total. The number of carbonyl (C=O) groups excluding carboxylic acids is 2. The lowest BCUT2D eigenvalue weighted by Crippen LogP contribution is -2.37. The largest absolute Gasteiger partial charge is 0.441 e. The van der Waals surface area contributed by atoms with Gasteiger partial charge in [-0.2, -0.15) is 5.10 Å². The van der Waals surface area contributed by atoms with Crippen molar-refractivity contribution < 1.29 is 14.3 Å². The Morgan fingerprint density at radius 3 is 2.65 bits per heavy atom. The Morgan fingerprint density at radius 1 is 1.00 bits per heavy atom. The van der Waals surface area contributed by atoms with E-state index in [1.165, 1.54) is 5.56 Å². The lowest BCUT2D eigenvalue weighted by atomic mass is 9.95. The summed E-state index contributed by atoms with van der Waals surface area (Å²) >= 11 is 0. The van der Waals surface area contributed by atoms with Crippen molar-refractivity contribution in [1.82, 2.24) is 19.6 Å². The first-order chi connectivity index (χ1) is 16.6. The molecule has 2 fully saturated rings. The molecule has 2 aliphatic rings. The lowest BCUT2D eigenvalue weighted by Gasteiger charge is -2.26. The Morgan fingerprint density at radius 2 is 1.82 bits per heavy atom. The van der Waals surface area contributed by atoms with Crippen LogP contribution in [0.5, 0.6) is 0 Å². The second-order valence-electron chi connectivity index (χ2n) is 9.21. The molecule has 3 heterocycles. The van der Waals surface area contributed by atoms with E-state index in [0.717, 1.165) is 24.8 Å². The molecule has 0 aliphatic carbocycles. The molecule has 2 saturated heterocycles. The monoisotopic (exact) mass is 458 g/mol. The third-order valence-electron chi connectivity index (χ3n) is 6.88. The van der Waals surface area contributed by atoms with Crippen molar-refractivity contribution in [1.29, 1.82) is 0 Å². The van der Waals surface area contributed by atoms with Crippen molar-refractivity contribution >= 4 is 12.0 Å². The molecule has 2 amide bonds. The molecular formula is C27H30N4O3. The first-order valence-electron chi connectivity index (χ1n) is 12.0. The van der Waals surface area contributed by atoms with E-state index >= 15 is 0 Å². The van der Waals surface area contributed by atoms with Crippen LogP contribution < -0.4 is 0 Å². The summed E-state index contributed by atoms with van der Waals surface area (Å²) in [4.78, 5) is 29.8. The van der Waals surface area contributed by atoms with Crippen LogP contribution in [0.4, 0.5) is 4.79 Å². The van der Waals surface area contributed by atoms with Gasteiger partial charge in [0.1, 0.15) is 5.60 Å². The molecular weight excluding hydrogens is 428 g/mol. The van der Waals surface area contributed by atoms with Crippen LogP contribution in [0.3, 0.4) is 0 Å². The van der Waals surface area contributed by atoms with Gasteiger partial charge < -0.3 is 14.5 Å². The molecule has 3 aromatic rings. The van der Waals surface area contributed by atoms with Gasteiger partial charge in [0.25, 0.3) is 5.91 Å². The van der Waals surface area contributed by atoms with Crippen LogP contribution in [0.25, 0.3) is 0 Å². The van der Waals surface area contributed by atoms with E-state index in [1.807, 2.05) is 69.2 Å². The molecule has 1 atom stereocenters. The Kier molecular flexibility index (Phi) is 6.34. The number of rotatable bonds is 6. The van der Waals surface area contributed by atoms with Crippen molar-refractivity contribution in [2.45, 2.75) is 37.8 Å². The molecule has 0 bridgehead atoms. The number of ether oxygens (including phenoxy) is 1. The summed E-state index contributed by atoms with van der Waals surface area (Å²) in [6.07, 6.45) is 6.46. The summed E-state index contributed by atoms with van der Waals surface area (Å²) in [6, 6.07) is 19.8. The normalized spacial score (nSPS) is 20.4. The molecule has 1 spiro atoms. The summed E-state index contributed by atoms with van der Waals surface area (Å²) in [6.45, 7) is 3.04. The number of hydrogen-bond acceptors (Lipinski definition) is 4. The number of hydrogen-bond donors (Lipinski definition) is 0. The molecule has 0 saturated carbocycles. The second kappa shape index (κ2) is 9.71. The number of carbonyl (C=O) groups is 2. The molecule has 176 valence electrons. The smallest absolute Gasteiger partial charge is 0.410 e. The SMILES string of the molecule is O=C1O[C@@]2(CCCN(C(=O)c3ccccc3Cn3cccn3)CC2)CN1CCc1ccccc1. The van der Waals surface area contributed by atoms with Gasteiger partial charge in [0.15, 0.2) is 0 Å². The first kappa shape index (κ1) is 22.2. The average molecular weight is 459 g/mol. The Balaban J connectivity index is 1.23. The summed E-state index contributed by atoms with van der Waals surface area (Å²) in [5, 5.41) is 4.27. The Labute approximate surface area is 199 Å². The quantitative estimate of drug-likeness (QED) is 0.560. The van der Waals surface area contributed by atoms with Crippen LogP contribution in [0.15, 0.2) is 73.1 Å². The Hall–Kier alpha value is -3.61. The summed E-state index contributed by atoms with van der Waals surface area (Å²) in [5.74, 6) is 0.0325. The maximum Gasteiger partial charge on any atom is 0.410 e. The van der Waals surface area contributed by atoms with E-state index in [2.05, 4.69) is 17.2 Å². The summed E-state index contributed by atoms with van der Waals surface area (Å²) in [5.41, 5.74) is 2.37. The van der Waals surface area contributed by atoms with Gasteiger partial charge in [-0.25, -0.2) is 4.79 Å². The van der Waals surface area contributed by atoms with Crippen LogP contribution in [-0.4, -0.2) is 63.4 Å². The zero-order valence-electron chi connectivity index (χ0n) is 19.3. The fourth-order valence-electron chi connectivity index (χ4n) is 5.01. The number of amides is 2. The lowest BCUT2D eigenvalue weighted by molar-refractivity contribution is 0.0438. The van der Waals surface area contributed by atoms with Crippen LogP contribution in [-0.2, 0) is 17.7 Å². The van der Waals surface area contributed by atoms with Crippen LogP contribution in [0, 0.1) is 0 Å². The van der Waals surface area contributed by atoms with Crippen molar-refractivity contribution in [2.75, 3.05) is 26.2 Å². The highest BCUT2D eigenvalue weighted by Gasteiger charge is 2.46. The summed E-state index contributed by atoms with van der Waals surface area (Å²) in [7, 11) is 0. The Bertz CT molecular complexity index is 1130. The van der Waals surface area contributed by atoms with Gasteiger partial charge in [-0.15, -0.1) is 0 Å². The fourth-order valence-corrected chi connectivity index (χ4v) is 5.01. The minimum atomic E-state index is -0.503. The molecule has 34 heavy (non-hydrogen) atoms. The van der Waals surface area contributed by atoms with E-state index in [0.29, 0.717) is 44.7 Å². The molecule has 5 rings (SSSR count). The topological polar surface area (TPSA) is 67.7 Å². The van der Waals surface area contributed by atoms with Gasteiger partial charge in [0.05, 0.1) is 13.1 Å². The van der Waals surface area contributed by atoms with Gasteiger partial charge in [0, 0.05) is 44.0 Å². The number of likely N-dealkylation sites (tertiary alicyclic amines) is 1. The number of benzene rings is 2. The highest BCUT2D eigenvalue weighted by Crippen LogP contribution is 2.34. The van der Waals surface area contributed by atoms with Gasteiger partial charge in [0.2, 0.25) is 0 Å². The van der Waals surface area contributed by atoms with E-state index in [-0.39, 0.29) is 12.0 Å². The highest BCUT2D eigenvalue weighted by molar-refractivity contribution is 5.95. The molecule has 0 radical (unpaired) electrons. The van der Waals surface area contributed by atoms with Gasteiger partial charge in [-0.05, 0) is 42.5 Å². The average Bonchev–Trinajstić information content (AvgIpc) is 3.42. The molecule has 1 aromatic heterocycles. The standard InChI is InChI=1S/C27H30N4O3/c32-25(24-11-5-4-10-23(24)20-31-17-7-15-28-31)29-16-6-13-27(14-19-29)21-30(26(33)34-27)18-12-22-8-2-1-3-9-22/h1-5,7-11,15,17H,6,12-14,16,18-21H2/t27-/m1/s1. The van der Waals surface area contributed by atoms with Crippen LogP contribution >= 0.6 is 0 Å². The van der Waals surface area contributed by atoms with Crippen LogP contribution in [0.1, 0.15) is 40.7 Å². The van der Waals surface area contributed by atoms with Crippen molar-refractivity contribution in [3.63, 3.8) is 0 Å². The molecule has 7 nitrogen and oxygen atoms in total. The third kappa shape index (κ3) is 4.83. The molecule has 2 aliphatic heterocycles. The third-order valence-corrected chi connectivity index (χ3v) is 6.88. The van der Waals surface area contributed by atoms with Crippen LogP contribution in [0.2, 0.25) is 0 Å². The maximum absolute atomic E-state index is 13.5. The zero-order valence-corrected chi connectivity index (χ0v) is 19.3. The second-order valence-corrected chi connectivity index (χ2v) is 9.21. The predicted octanol–water partition coefficient (Wildman–Crippen LogP) is 3.99.